The quantitative estimate of drug-likeness (QED) is 0.371. The first-order valence-electron chi connectivity index (χ1n) is 3.31. The van der Waals surface area contributed by atoms with Gasteiger partial charge >= 0.3 is 10.2 Å². The van der Waals surface area contributed by atoms with Crippen LogP contribution < -0.4 is 0 Å². The average Bonchev–Trinajstić information content (AvgIpc) is 1.83. The van der Waals surface area contributed by atoms with Crippen LogP contribution in [-0.4, -0.2) is 20.8 Å². The number of halogens is 2. The van der Waals surface area contributed by atoms with Crippen LogP contribution in [0.5, 0.6) is 0 Å². The molecule has 0 heterocycles. The smallest absolute Gasteiger partial charge is 0.302 e. The molecule has 0 aromatic rings. The van der Waals surface area contributed by atoms with Crippen molar-refractivity contribution in [2.45, 2.75) is 12.8 Å². The first-order chi connectivity index (χ1) is 5.42. The number of hydrogen-bond acceptors (Lipinski definition) is 3. The van der Waals surface area contributed by atoms with Crippen LogP contribution >= 0.6 is 0 Å². The molecule has 0 aromatic carbocycles. The number of unbranched alkanes of at least 4 members (excludes halogenated alkanes) is 1. The summed E-state index contributed by atoms with van der Waals surface area (Å²) >= 11 is 0. The summed E-state index contributed by atoms with van der Waals surface area (Å²) in [7, 11) is -4.40. The Morgan fingerprint density at radius 3 is 2.42 bits per heavy atom. The summed E-state index contributed by atoms with van der Waals surface area (Å²) in [6.07, 6.45) is 0.401. The average molecular weight is 200 g/mol. The molecule has 72 valence electrons. The van der Waals surface area contributed by atoms with Gasteiger partial charge in [0.2, 0.25) is 0 Å². The van der Waals surface area contributed by atoms with Gasteiger partial charge in [-0.05, 0) is 19.4 Å². The fourth-order valence-corrected chi connectivity index (χ4v) is 1.11. The van der Waals surface area contributed by atoms with Crippen molar-refractivity contribution in [1.29, 1.82) is 0 Å². The fraction of sp³-hybridized carbons (Fsp3) is 0.667. The van der Waals surface area contributed by atoms with E-state index in [2.05, 4.69) is 11.3 Å². The first-order valence-corrected chi connectivity index (χ1v) is 4.86. The van der Waals surface area contributed by atoms with Gasteiger partial charge in [-0.25, -0.2) is 0 Å². The highest BCUT2D eigenvalue weighted by Crippen LogP contribution is 2.01. The van der Waals surface area contributed by atoms with Crippen LogP contribution in [0.25, 0.3) is 0 Å². The van der Waals surface area contributed by atoms with Gasteiger partial charge in [0.25, 0.3) is 6.01 Å². The van der Waals surface area contributed by atoms with Crippen molar-refractivity contribution in [2.75, 3.05) is 12.4 Å². The molecule has 0 aromatic heterocycles. The lowest BCUT2D eigenvalue weighted by atomic mass is 10.4. The summed E-state index contributed by atoms with van der Waals surface area (Å²) in [4.78, 5) is 0. The molecule has 3 nitrogen and oxygen atoms in total. The van der Waals surface area contributed by atoms with Crippen LogP contribution in [0.3, 0.4) is 0 Å². The molecule has 0 radical (unpaired) electrons. The maximum Gasteiger partial charge on any atom is 0.302 e. The molecular weight excluding hydrogens is 190 g/mol. The molecule has 0 saturated carbocycles. The molecule has 0 unspecified atom stereocenters. The van der Waals surface area contributed by atoms with Gasteiger partial charge < -0.3 is 4.74 Å². The minimum atomic E-state index is -4.40. The Bertz CT molecular complexity index is 235. The predicted octanol–water partition coefficient (Wildman–Crippen LogP) is 1.52. The van der Waals surface area contributed by atoms with Gasteiger partial charge in [-0.1, -0.05) is 0 Å². The Morgan fingerprint density at radius 1 is 1.42 bits per heavy atom. The van der Waals surface area contributed by atoms with Gasteiger partial charge in [-0.3, -0.25) is 0 Å². The van der Waals surface area contributed by atoms with Gasteiger partial charge in [0, 0.05) is 0 Å². The second-order valence-electron chi connectivity index (χ2n) is 2.15. The van der Waals surface area contributed by atoms with E-state index in [9.17, 15) is 16.7 Å². The Morgan fingerprint density at radius 2 is 2.00 bits per heavy atom. The maximum absolute atomic E-state index is 11.8. The molecule has 0 spiro atoms. The third-order valence-corrected chi connectivity index (χ3v) is 1.82. The van der Waals surface area contributed by atoms with Crippen LogP contribution in [0.1, 0.15) is 12.8 Å². The highest BCUT2D eigenvalue weighted by Gasteiger charge is 2.05. The normalized spacial score (nSPS) is 11.2. The molecule has 0 saturated heterocycles. The molecule has 0 aliphatic carbocycles. The van der Waals surface area contributed by atoms with Crippen LogP contribution in [0.2, 0.25) is 0 Å². The van der Waals surface area contributed by atoms with Gasteiger partial charge in [0.05, 0.1) is 12.4 Å². The second kappa shape index (κ2) is 5.08. The Hall–Kier alpha value is -0.650. The lowest BCUT2D eigenvalue weighted by Gasteiger charge is -1.99. The molecule has 0 aliphatic heterocycles. The van der Waals surface area contributed by atoms with Crippen molar-refractivity contribution < 1.29 is 21.4 Å². The lowest BCUT2D eigenvalue weighted by molar-refractivity contribution is 0.144. The fourth-order valence-electron chi connectivity index (χ4n) is 0.559. The molecular formula is C6H10F2O3S. The summed E-state index contributed by atoms with van der Waals surface area (Å²) in [6.45, 7) is 2.84. The molecule has 0 N–H and O–H groups in total. The standard InChI is InChI=1S/C6H10F2O3S/c1-6(7)11-4-2-3-5-12(8,9)10/h1-5H2. The molecule has 0 fully saturated rings. The zero-order chi connectivity index (χ0) is 9.61. The molecule has 0 rings (SSSR count). The van der Waals surface area contributed by atoms with E-state index in [0.29, 0.717) is 0 Å². The molecule has 0 bridgehead atoms. The zero-order valence-corrected chi connectivity index (χ0v) is 7.24. The Balaban J connectivity index is 3.29. The minimum Gasteiger partial charge on any atom is -0.471 e. The van der Waals surface area contributed by atoms with E-state index in [1.165, 1.54) is 0 Å². The zero-order valence-electron chi connectivity index (χ0n) is 6.42. The van der Waals surface area contributed by atoms with E-state index in [1.807, 2.05) is 0 Å². The van der Waals surface area contributed by atoms with Crippen molar-refractivity contribution in [3.05, 3.63) is 12.6 Å². The third kappa shape index (κ3) is 9.35. The SMILES string of the molecule is C=C(F)OCCCCS(=O)(=O)F. The van der Waals surface area contributed by atoms with E-state index >= 15 is 0 Å². The minimum absolute atomic E-state index is 0.0187. The molecule has 0 atom stereocenters. The number of rotatable bonds is 6. The second-order valence-corrected chi connectivity index (χ2v) is 3.64. The van der Waals surface area contributed by atoms with Crippen molar-refractivity contribution in [3.63, 3.8) is 0 Å². The number of ether oxygens (including phenoxy) is 1. The monoisotopic (exact) mass is 200 g/mol. The largest absolute Gasteiger partial charge is 0.471 e. The third-order valence-electron chi connectivity index (χ3n) is 1.04. The highest BCUT2D eigenvalue weighted by atomic mass is 32.3. The summed E-state index contributed by atoms with van der Waals surface area (Å²) in [6, 6.07) is -0.918. The van der Waals surface area contributed by atoms with Crippen molar-refractivity contribution in [3.8, 4) is 0 Å². The molecule has 0 aliphatic rings. The summed E-state index contributed by atoms with van der Waals surface area (Å²) in [5, 5.41) is 0. The molecule has 12 heavy (non-hydrogen) atoms. The van der Waals surface area contributed by atoms with Crippen molar-refractivity contribution in [1.82, 2.24) is 0 Å². The summed E-state index contributed by atoms with van der Waals surface area (Å²) in [5.41, 5.74) is 0. The van der Waals surface area contributed by atoms with Crippen LogP contribution in [-0.2, 0) is 15.0 Å². The topological polar surface area (TPSA) is 43.4 Å². The van der Waals surface area contributed by atoms with E-state index in [0.717, 1.165) is 0 Å². The van der Waals surface area contributed by atoms with Gasteiger partial charge in [0.15, 0.2) is 0 Å². The van der Waals surface area contributed by atoms with E-state index in [1.54, 1.807) is 0 Å². The first kappa shape index (κ1) is 11.4. The van der Waals surface area contributed by atoms with E-state index < -0.39 is 22.0 Å². The highest BCUT2D eigenvalue weighted by molar-refractivity contribution is 7.86. The summed E-state index contributed by atoms with van der Waals surface area (Å²) in [5.74, 6) is -0.547. The van der Waals surface area contributed by atoms with E-state index in [4.69, 9.17) is 0 Å². The lowest BCUT2D eigenvalue weighted by Crippen LogP contribution is -2.00. The van der Waals surface area contributed by atoms with Crippen LogP contribution in [0.15, 0.2) is 12.6 Å². The van der Waals surface area contributed by atoms with Gasteiger partial charge in [-0.15, -0.1) is 3.89 Å². The molecule has 6 heteroatoms. The van der Waals surface area contributed by atoms with Gasteiger partial charge in [-0.2, -0.15) is 12.8 Å². The van der Waals surface area contributed by atoms with E-state index in [-0.39, 0.29) is 19.4 Å². The summed E-state index contributed by atoms with van der Waals surface area (Å²) < 4.78 is 47.7. The number of hydrogen-bond donors (Lipinski definition) is 0. The maximum atomic E-state index is 11.8. The van der Waals surface area contributed by atoms with Crippen molar-refractivity contribution in [2.24, 2.45) is 0 Å². The van der Waals surface area contributed by atoms with Gasteiger partial charge in [0.1, 0.15) is 0 Å². The predicted molar refractivity (Wildman–Crippen MR) is 40.3 cm³/mol. The van der Waals surface area contributed by atoms with Crippen LogP contribution in [0, 0.1) is 0 Å². The Labute approximate surface area is 70.2 Å². The Kier molecular flexibility index (Phi) is 4.80. The molecule has 0 amide bonds. The van der Waals surface area contributed by atoms with Crippen LogP contribution in [0.4, 0.5) is 8.28 Å². The van der Waals surface area contributed by atoms with Crippen molar-refractivity contribution >= 4 is 10.2 Å².